The highest BCUT2D eigenvalue weighted by atomic mass is 35.5. The summed E-state index contributed by atoms with van der Waals surface area (Å²) in [7, 11) is 0. The van der Waals surface area contributed by atoms with Gasteiger partial charge in [-0.05, 0) is 6.07 Å². The molecular weight excluding hydrogens is 325 g/mol. The van der Waals surface area contributed by atoms with E-state index in [-0.39, 0.29) is 6.07 Å². The first-order valence-corrected chi connectivity index (χ1v) is 5.45. The molecule has 1 aromatic carbocycles. The van der Waals surface area contributed by atoms with Crippen molar-refractivity contribution in [3.8, 4) is 11.3 Å². The Morgan fingerprint density at radius 2 is 1.86 bits per heavy atom. The molecule has 1 heterocycles. The van der Waals surface area contributed by atoms with Gasteiger partial charge < -0.3 is 0 Å². The van der Waals surface area contributed by atoms with Crippen LogP contribution in [0.25, 0.3) is 11.3 Å². The Morgan fingerprint density at radius 3 is 2.33 bits per heavy atom. The fraction of sp³-hybridized carbons (Fsp3) is 0.100. The molecule has 0 saturated heterocycles. The van der Waals surface area contributed by atoms with Crippen molar-refractivity contribution in [1.29, 1.82) is 0 Å². The second-order valence-corrected chi connectivity index (χ2v) is 4.19. The standard InChI is InChI=1S/C10H3ClF5N3O2/c11-5-3-18(10(14,15)16)17-9(5)4-1-7(13)8(19(20)21)2-6(4)12/h1-3H. The molecule has 0 amide bonds. The molecule has 0 unspecified atom stereocenters. The van der Waals surface area contributed by atoms with Crippen LogP contribution in [0.15, 0.2) is 18.3 Å². The quantitative estimate of drug-likeness (QED) is 0.478. The Balaban J connectivity index is 2.60. The number of hydrogen-bond acceptors (Lipinski definition) is 3. The van der Waals surface area contributed by atoms with Crippen LogP contribution in [-0.2, 0) is 6.30 Å². The third kappa shape index (κ3) is 2.79. The topological polar surface area (TPSA) is 61.0 Å². The lowest BCUT2D eigenvalue weighted by Crippen LogP contribution is -2.17. The first-order chi connectivity index (χ1) is 9.61. The lowest BCUT2D eigenvalue weighted by atomic mass is 10.1. The molecular formula is C10H3ClF5N3O2. The lowest BCUT2D eigenvalue weighted by Gasteiger charge is -2.05. The number of rotatable bonds is 2. The Morgan fingerprint density at radius 1 is 1.24 bits per heavy atom. The summed E-state index contributed by atoms with van der Waals surface area (Å²) in [4.78, 5) is 9.26. The average Bonchev–Trinajstić information content (AvgIpc) is 2.73. The molecule has 21 heavy (non-hydrogen) atoms. The largest absolute Gasteiger partial charge is 0.504 e. The van der Waals surface area contributed by atoms with Crippen molar-refractivity contribution in [2.45, 2.75) is 6.30 Å². The molecule has 5 nitrogen and oxygen atoms in total. The number of aromatic nitrogens is 2. The highest BCUT2D eigenvalue weighted by Crippen LogP contribution is 2.34. The van der Waals surface area contributed by atoms with Gasteiger partial charge in [0.25, 0.3) is 0 Å². The number of alkyl halides is 3. The maximum absolute atomic E-state index is 13.7. The zero-order valence-electron chi connectivity index (χ0n) is 9.66. The van der Waals surface area contributed by atoms with Crippen molar-refractivity contribution in [1.82, 2.24) is 9.78 Å². The molecule has 2 aromatic rings. The lowest BCUT2D eigenvalue weighted by molar-refractivity contribution is -0.387. The summed E-state index contributed by atoms with van der Waals surface area (Å²) in [6.45, 7) is 0. The fourth-order valence-electron chi connectivity index (χ4n) is 1.52. The van der Waals surface area contributed by atoms with Crippen LogP contribution in [0.2, 0.25) is 5.02 Å². The summed E-state index contributed by atoms with van der Waals surface area (Å²) in [5.41, 5.74) is -2.55. The molecule has 1 aromatic heterocycles. The molecule has 0 bridgehead atoms. The third-order valence-corrected chi connectivity index (χ3v) is 2.69. The van der Waals surface area contributed by atoms with Crippen LogP contribution in [0, 0.1) is 21.7 Å². The van der Waals surface area contributed by atoms with Crippen LogP contribution in [0.3, 0.4) is 0 Å². The summed E-state index contributed by atoms with van der Waals surface area (Å²) in [6, 6.07) is 0.607. The van der Waals surface area contributed by atoms with E-state index in [9.17, 15) is 32.1 Å². The van der Waals surface area contributed by atoms with Gasteiger partial charge in [0.2, 0.25) is 5.82 Å². The van der Waals surface area contributed by atoms with Gasteiger partial charge in [-0.2, -0.15) is 14.2 Å². The molecule has 112 valence electrons. The Bertz CT molecular complexity index is 728. The second kappa shape index (κ2) is 4.95. The van der Waals surface area contributed by atoms with E-state index in [0.717, 1.165) is 0 Å². The molecule has 0 aliphatic heterocycles. The Labute approximate surface area is 117 Å². The second-order valence-electron chi connectivity index (χ2n) is 3.78. The molecule has 2 rings (SSSR count). The molecule has 0 spiro atoms. The minimum atomic E-state index is -4.89. The molecule has 0 fully saturated rings. The minimum Gasteiger partial charge on any atom is -0.258 e. The van der Waals surface area contributed by atoms with Gasteiger partial charge in [-0.1, -0.05) is 11.6 Å². The van der Waals surface area contributed by atoms with Gasteiger partial charge in [0.1, 0.15) is 11.5 Å². The monoisotopic (exact) mass is 327 g/mol. The summed E-state index contributed by atoms with van der Waals surface area (Å²) >= 11 is 5.51. The van der Waals surface area contributed by atoms with Gasteiger partial charge in [-0.25, -0.2) is 4.39 Å². The summed E-state index contributed by atoms with van der Waals surface area (Å²) in [5.74, 6) is -2.74. The van der Waals surface area contributed by atoms with Crippen LogP contribution in [0.4, 0.5) is 27.6 Å². The molecule has 0 radical (unpaired) electrons. The van der Waals surface area contributed by atoms with E-state index in [1.165, 1.54) is 0 Å². The molecule has 0 aliphatic rings. The van der Waals surface area contributed by atoms with Crippen molar-refractivity contribution in [2.24, 2.45) is 0 Å². The van der Waals surface area contributed by atoms with Gasteiger partial charge in [0, 0.05) is 5.56 Å². The molecule has 0 aliphatic carbocycles. The van der Waals surface area contributed by atoms with Crippen molar-refractivity contribution < 1.29 is 26.9 Å². The highest BCUT2D eigenvalue weighted by Gasteiger charge is 2.33. The van der Waals surface area contributed by atoms with Crippen LogP contribution in [0.1, 0.15) is 0 Å². The van der Waals surface area contributed by atoms with E-state index >= 15 is 0 Å². The van der Waals surface area contributed by atoms with E-state index in [1.54, 1.807) is 0 Å². The van der Waals surface area contributed by atoms with E-state index in [1.807, 2.05) is 0 Å². The number of nitro benzene ring substituents is 1. The third-order valence-electron chi connectivity index (χ3n) is 2.42. The van der Waals surface area contributed by atoms with Crippen LogP contribution in [-0.4, -0.2) is 14.7 Å². The number of benzene rings is 1. The van der Waals surface area contributed by atoms with Gasteiger partial charge in [-0.3, -0.25) is 10.1 Å². The predicted molar refractivity (Wildman–Crippen MR) is 60.5 cm³/mol. The summed E-state index contributed by atoms with van der Waals surface area (Å²) < 4.78 is 63.9. The first-order valence-electron chi connectivity index (χ1n) is 5.07. The smallest absolute Gasteiger partial charge is 0.258 e. The van der Waals surface area contributed by atoms with Crippen LogP contribution >= 0.6 is 11.6 Å². The maximum Gasteiger partial charge on any atom is 0.504 e. The molecule has 0 N–H and O–H groups in total. The number of nitro groups is 1. The highest BCUT2D eigenvalue weighted by molar-refractivity contribution is 6.33. The Hall–Kier alpha value is -2.23. The minimum absolute atomic E-state index is 0.244. The van der Waals surface area contributed by atoms with Crippen molar-refractivity contribution >= 4 is 17.3 Å². The zero-order chi connectivity index (χ0) is 15.9. The SMILES string of the molecule is O=[N+]([O-])c1cc(F)c(-c2nn(C(F)(F)F)cc2Cl)cc1F. The van der Waals surface area contributed by atoms with Gasteiger partial charge >= 0.3 is 12.0 Å². The van der Waals surface area contributed by atoms with Gasteiger partial charge in [0.15, 0.2) is 0 Å². The van der Waals surface area contributed by atoms with Crippen molar-refractivity contribution in [3.63, 3.8) is 0 Å². The molecule has 11 heteroatoms. The van der Waals surface area contributed by atoms with E-state index < -0.39 is 49.5 Å². The van der Waals surface area contributed by atoms with Gasteiger partial charge in [-0.15, -0.1) is 13.2 Å². The maximum atomic E-state index is 13.7. The summed E-state index contributed by atoms with van der Waals surface area (Å²) in [5, 5.41) is 12.9. The predicted octanol–water partition coefficient (Wildman–Crippen LogP) is 3.87. The first kappa shape index (κ1) is 15.2. The van der Waals surface area contributed by atoms with Gasteiger partial charge in [0.05, 0.1) is 22.2 Å². The normalized spacial score (nSPS) is 11.7. The van der Waals surface area contributed by atoms with Crippen molar-refractivity contribution in [3.05, 3.63) is 45.1 Å². The number of halogens is 6. The molecule has 0 saturated carbocycles. The fourth-order valence-corrected chi connectivity index (χ4v) is 1.76. The zero-order valence-corrected chi connectivity index (χ0v) is 10.4. The van der Waals surface area contributed by atoms with E-state index in [2.05, 4.69) is 5.10 Å². The van der Waals surface area contributed by atoms with Crippen molar-refractivity contribution in [2.75, 3.05) is 0 Å². The molecule has 0 atom stereocenters. The average molecular weight is 328 g/mol. The summed E-state index contributed by atoms with van der Waals surface area (Å²) in [6.07, 6.45) is -4.52. The van der Waals surface area contributed by atoms with E-state index in [0.29, 0.717) is 12.3 Å². The van der Waals surface area contributed by atoms with E-state index in [4.69, 9.17) is 11.6 Å². The number of hydrogen-bond donors (Lipinski definition) is 0. The van der Waals surface area contributed by atoms with Crippen LogP contribution in [0.5, 0.6) is 0 Å². The number of nitrogens with zero attached hydrogens (tertiary/aromatic N) is 3. The Kier molecular flexibility index (Phi) is 3.58. The van der Waals surface area contributed by atoms with Crippen LogP contribution < -0.4 is 0 Å².